The smallest absolute Gasteiger partial charge is 0.229 e. The first kappa shape index (κ1) is 20.2. The molecule has 0 saturated carbocycles. The molecule has 0 saturated heterocycles. The van der Waals surface area contributed by atoms with E-state index in [-0.39, 0.29) is 0 Å². The van der Waals surface area contributed by atoms with Crippen LogP contribution in [-0.4, -0.2) is 44.7 Å². The minimum Gasteiger partial charge on any atom is -0.354 e. The molecule has 3 N–H and O–H groups in total. The molecule has 0 aliphatic rings. The van der Waals surface area contributed by atoms with Gasteiger partial charge in [-0.25, -0.2) is 0 Å². The molecule has 30 heavy (non-hydrogen) atoms. The van der Waals surface area contributed by atoms with Crippen molar-refractivity contribution in [3.63, 3.8) is 0 Å². The largest absolute Gasteiger partial charge is 0.354 e. The highest BCUT2D eigenvalue weighted by Crippen LogP contribution is 2.21. The fraction of sp³-hybridized carbons (Fsp3) is 0.238. The molecule has 0 spiro atoms. The molecule has 4 rings (SSSR count). The lowest BCUT2D eigenvalue weighted by Crippen LogP contribution is -2.15. The minimum absolute atomic E-state index is 0.577. The predicted octanol–water partition coefficient (Wildman–Crippen LogP) is 3.58. The van der Waals surface area contributed by atoms with Crippen LogP contribution in [0.4, 0.5) is 11.9 Å². The third-order valence-electron chi connectivity index (χ3n) is 4.58. The molecular weight excluding hydrogens is 444 g/mol. The van der Waals surface area contributed by atoms with Gasteiger partial charge in [-0.1, -0.05) is 30.3 Å². The van der Waals surface area contributed by atoms with Gasteiger partial charge in [-0.3, -0.25) is 4.98 Å². The number of rotatable bonds is 9. The molecule has 1 aromatic carbocycles. The quantitative estimate of drug-likeness (QED) is 0.324. The lowest BCUT2D eigenvalue weighted by molar-refractivity contribution is 0.744. The third-order valence-corrected chi connectivity index (χ3v) is 5.14. The number of aromatic nitrogens is 5. The number of hydrogen-bond acceptors (Lipinski definition) is 7. The van der Waals surface area contributed by atoms with E-state index in [1.165, 1.54) is 0 Å². The molecule has 3 aromatic heterocycles. The molecule has 0 radical (unpaired) electrons. The Bertz CT molecular complexity index is 1100. The Balaban J connectivity index is 1.49. The van der Waals surface area contributed by atoms with Crippen molar-refractivity contribution in [3.8, 4) is 11.3 Å². The van der Waals surface area contributed by atoms with Crippen molar-refractivity contribution in [2.75, 3.05) is 30.8 Å². The van der Waals surface area contributed by atoms with E-state index in [1.54, 1.807) is 16.9 Å². The minimum atomic E-state index is 0.577. The van der Waals surface area contributed by atoms with Gasteiger partial charge in [0.25, 0.3) is 0 Å². The number of fused-ring (bicyclic) bond motifs is 1. The van der Waals surface area contributed by atoms with Crippen molar-refractivity contribution in [1.29, 1.82) is 0 Å². The average molecular weight is 467 g/mol. The SMILES string of the molecule is CNCCCNc1nc(NCc2ccc(-c3ccccn3)cc2)n2ncc(Br)c2n1. The van der Waals surface area contributed by atoms with Crippen LogP contribution < -0.4 is 16.0 Å². The maximum Gasteiger partial charge on any atom is 0.229 e. The lowest BCUT2D eigenvalue weighted by Gasteiger charge is -2.11. The number of nitrogens with one attached hydrogen (secondary N) is 3. The summed E-state index contributed by atoms with van der Waals surface area (Å²) in [5, 5.41) is 14.2. The summed E-state index contributed by atoms with van der Waals surface area (Å²) in [6.07, 6.45) is 4.51. The van der Waals surface area contributed by atoms with Gasteiger partial charge in [0.05, 0.1) is 16.4 Å². The summed E-state index contributed by atoms with van der Waals surface area (Å²) in [7, 11) is 1.94. The number of hydrogen-bond donors (Lipinski definition) is 3. The van der Waals surface area contributed by atoms with Gasteiger partial charge in [0.15, 0.2) is 5.65 Å². The Hall–Kier alpha value is -3.04. The monoisotopic (exact) mass is 466 g/mol. The van der Waals surface area contributed by atoms with E-state index < -0.39 is 0 Å². The summed E-state index contributed by atoms with van der Waals surface area (Å²) >= 11 is 3.51. The first-order valence-corrected chi connectivity index (χ1v) is 10.6. The van der Waals surface area contributed by atoms with Crippen LogP contribution in [0.5, 0.6) is 0 Å². The molecular formula is C21H23BrN8. The van der Waals surface area contributed by atoms with Gasteiger partial charge in [0.1, 0.15) is 0 Å². The lowest BCUT2D eigenvalue weighted by atomic mass is 10.1. The van der Waals surface area contributed by atoms with Crippen molar-refractivity contribution in [2.24, 2.45) is 0 Å². The van der Waals surface area contributed by atoms with Crippen molar-refractivity contribution in [3.05, 3.63) is 64.9 Å². The number of nitrogens with zero attached hydrogens (tertiary/aromatic N) is 5. The second-order valence-electron chi connectivity index (χ2n) is 6.75. The van der Waals surface area contributed by atoms with Crippen LogP contribution in [0.3, 0.4) is 0 Å². The highest BCUT2D eigenvalue weighted by molar-refractivity contribution is 9.10. The maximum absolute atomic E-state index is 4.61. The van der Waals surface area contributed by atoms with Crippen LogP contribution >= 0.6 is 15.9 Å². The van der Waals surface area contributed by atoms with Gasteiger partial charge in [0, 0.05) is 24.8 Å². The van der Waals surface area contributed by atoms with E-state index in [2.05, 4.69) is 76.2 Å². The normalized spacial score (nSPS) is 11.0. The van der Waals surface area contributed by atoms with Gasteiger partial charge in [0.2, 0.25) is 11.9 Å². The Morgan fingerprint density at radius 2 is 1.87 bits per heavy atom. The molecule has 0 fully saturated rings. The van der Waals surface area contributed by atoms with Crippen LogP contribution in [0.2, 0.25) is 0 Å². The Labute approximate surface area is 183 Å². The van der Waals surface area contributed by atoms with Crippen molar-refractivity contribution in [1.82, 2.24) is 29.9 Å². The van der Waals surface area contributed by atoms with Crippen LogP contribution in [0.25, 0.3) is 16.9 Å². The molecule has 0 amide bonds. The molecule has 0 aliphatic heterocycles. The Morgan fingerprint density at radius 3 is 2.63 bits per heavy atom. The van der Waals surface area contributed by atoms with Crippen molar-refractivity contribution < 1.29 is 0 Å². The fourth-order valence-corrected chi connectivity index (χ4v) is 3.37. The highest BCUT2D eigenvalue weighted by Gasteiger charge is 2.11. The molecule has 8 nitrogen and oxygen atoms in total. The predicted molar refractivity (Wildman–Crippen MR) is 123 cm³/mol. The summed E-state index contributed by atoms with van der Waals surface area (Å²) in [4.78, 5) is 13.6. The van der Waals surface area contributed by atoms with E-state index in [0.717, 1.165) is 40.8 Å². The molecule has 0 aliphatic carbocycles. The second-order valence-corrected chi connectivity index (χ2v) is 7.60. The Kier molecular flexibility index (Phi) is 6.50. The highest BCUT2D eigenvalue weighted by atomic mass is 79.9. The fourth-order valence-electron chi connectivity index (χ4n) is 3.02. The summed E-state index contributed by atoms with van der Waals surface area (Å²) in [6.45, 7) is 2.34. The van der Waals surface area contributed by atoms with Gasteiger partial charge < -0.3 is 16.0 Å². The molecule has 0 atom stereocenters. The number of benzene rings is 1. The van der Waals surface area contributed by atoms with Gasteiger partial charge in [-0.05, 0) is 53.6 Å². The van der Waals surface area contributed by atoms with E-state index in [0.29, 0.717) is 24.1 Å². The molecule has 3 heterocycles. The number of anilines is 2. The third kappa shape index (κ3) is 4.74. The first-order valence-electron chi connectivity index (χ1n) is 9.78. The van der Waals surface area contributed by atoms with Crippen molar-refractivity contribution >= 4 is 33.5 Å². The standard InChI is InChI=1S/C21H23BrN8/c1-23-10-4-12-25-20-28-19-17(22)14-27-30(19)21(29-20)26-13-15-6-8-16(9-7-15)18-5-2-3-11-24-18/h2-3,5-9,11,14,23H,4,10,12-13H2,1H3,(H2,25,26,28,29). The summed E-state index contributed by atoms with van der Waals surface area (Å²) < 4.78 is 2.52. The van der Waals surface area contributed by atoms with Crippen LogP contribution in [0.1, 0.15) is 12.0 Å². The molecule has 154 valence electrons. The van der Waals surface area contributed by atoms with E-state index >= 15 is 0 Å². The number of halogens is 1. The number of pyridine rings is 1. The second kappa shape index (κ2) is 9.64. The van der Waals surface area contributed by atoms with E-state index in [9.17, 15) is 0 Å². The first-order chi connectivity index (χ1) is 14.7. The zero-order chi connectivity index (χ0) is 20.8. The average Bonchev–Trinajstić information content (AvgIpc) is 3.17. The van der Waals surface area contributed by atoms with E-state index in [4.69, 9.17) is 0 Å². The van der Waals surface area contributed by atoms with Crippen LogP contribution in [0, 0.1) is 0 Å². The maximum atomic E-state index is 4.61. The summed E-state index contributed by atoms with van der Waals surface area (Å²) in [5.74, 6) is 1.21. The molecule has 4 aromatic rings. The van der Waals surface area contributed by atoms with Gasteiger partial charge >= 0.3 is 0 Å². The van der Waals surface area contributed by atoms with Crippen LogP contribution in [-0.2, 0) is 6.54 Å². The van der Waals surface area contributed by atoms with E-state index in [1.807, 2.05) is 25.2 Å². The molecule has 9 heteroatoms. The van der Waals surface area contributed by atoms with Gasteiger partial charge in [-0.15, -0.1) is 0 Å². The molecule has 0 unspecified atom stereocenters. The van der Waals surface area contributed by atoms with Crippen molar-refractivity contribution in [2.45, 2.75) is 13.0 Å². The zero-order valence-corrected chi connectivity index (χ0v) is 18.2. The zero-order valence-electron chi connectivity index (χ0n) is 16.6. The van der Waals surface area contributed by atoms with Gasteiger partial charge in [-0.2, -0.15) is 19.6 Å². The van der Waals surface area contributed by atoms with Crippen LogP contribution in [0.15, 0.2) is 59.3 Å². The Morgan fingerprint density at radius 1 is 1.00 bits per heavy atom. The topological polar surface area (TPSA) is 92.1 Å². The summed E-state index contributed by atoms with van der Waals surface area (Å²) in [6, 6.07) is 14.2. The molecule has 0 bridgehead atoms. The summed E-state index contributed by atoms with van der Waals surface area (Å²) in [5.41, 5.74) is 3.91.